The van der Waals surface area contributed by atoms with Crippen molar-refractivity contribution < 1.29 is 4.79 Å². The summed E-state index contributed by atoms with van der Waals surface area (Å²) in [6, 6.07) is 3.93. The van der Waals surface area contributed by atoms with Gasteiger partial charge in [0.05, 0.1) is 11.9 Å². The fraction of sp³-hybridized carbons (Fsp3) is 0.538. The van der Waals surface area contributed by atoms with Gasteiger partial charge in [0.2, 0.25) is 0 Å². The molecule has 0 unspecified atom stereocenters. The smallest absolute Gasteiger partial charge is 0.319 e. The van der Waals surface area contributed by atoms with E-state index in [-0.39, 0.29) is 6.03 Å². The number of anilines is 2. The van der Waals surface area contributed by atoms with E-state index in [2.05, 4.69) is 34.8 Å². The van der Waals surface area contributed by atoms with Crippen LogP contribution in [0.2, 0.25) is 0 Å². The summed E-state index contributed by atoms with van der Waals surface area (Å²) in [5.74, 6) is 1.41. The highest BCUT2D eigenvalue weighted by Gasteiger charge is 2.23. The molecule has 1 saturated carbocycles. The lowest BCUT2D eigenvalue weighted by Crippen LogP contribution is -2.30. The Balaban J connectivity index is 1.80. The van der Waals surface area contributed by atoms with Crippen molar-refractivity contribution >= 4 is 17.5 Å². The summed E-state index contributed by atoms with van der Waals surface area (Å²) < 4.78 is 0. The van der Waals surface area contributed by atoms with Gasteiger partial charge in [-0.1, -0.05) is 13.8 Å². The molecule has 1 aliphatic carbocycles. The highest BCUT2D eigenvalue weighted by molar-refractivity contribution is 5.89. The van der Waals surface area contributed by atoms with Crippen molar-refractivity contribution in [2.24, 2.45) is 5.92 Å². The van der Waals surface area contributed by atoms with Crippen molar-refractivity contribution in [2.45, 2.75) is 32.7 Å². The van der Waals surface area contributed by atoms with Crippen molar-refractivity contribution in [1.82, 2.24) is 10.3 Å². The maximum Gasteiger partial charge on any atom is 0.319 e. The largest absolute Gasteiger partial charge is 0.370 e. The Morgan fingerprint density at radius 1 is 1.44 bits per heavy atom. The van der Waals surface area contributed by atoms with Gasteiger partial charge < -0.3 is 16.0 Å². The zero-order chi connectivity index (χ0) is 13.0. The summed E-state index contributed by atoms with van der Waals surface area (Å²) in [7, 11) is 0. The molecule has 0 spiro atoms. The maximum atomic E-state index is 11.5. The van der Waals surface area contributed by atoms with Crippen molar-refractivity contribution in [2.75, 3.05) is 17.2 Å². The zero-order valence-electron chi connectivity index (χ0n) is 10.9. The number of hydrogen-bond acceptors (Lipinski definition) is 3. The van der Waals surface area contributed by atoms with E-state index >= 15 is 0 Å². The van der Waals surface area contributed by atoms with Gasteiger partial charge in [0.1, 0.15) is 5.82 Å². The molecule has 0 aliphatic heterocycles. The van der Waals surface area contributed by atoms with E-state index in [1.165, 1.54) is 0 Å². The molecule has 1 aromatic rings. The van der Waals surface area contributed by atoms with Crippen LogP contribution in [-0.2, 0) is 0 Å². The van der Waals surface area contributed by atoms with Crippen LogP contribution in [0.25, 0.3) is 0 Å². The molecule has 2 rings (SSSR count). The lowest BCUT2D eigenvalue weighted by Gasteiger charge is -2.09. The summed E-state index contributed by atoms with van der Waals surface area (Å²) in [6.45, 7) is 5.18. The topological polar surface area (TPSA) is 66.0 Å². The standard InChI is InChI=1S/C13H20N4O/c1-9(2)7-14-12-6-5-11(8-15-12)17-13(18)16-10-3-4-10/h5-6,8-10H,3-4,7H2,1-2H3,(H,14,15)(H2,16,17,18). The van der Waals surface area contributed by atoms with Crippen molar-refractivity contribution in [3.05, 3.63) is 18.3 Å². The SMILES string of the molecule is CC(C)CNc1ccc(NC(=O)NC2CC2)cn1. The van der Waals surface area contributed by atoms with E-state index in [9.17, 15) is 4.79 Å². The van der Waals surface area contributed by atoms with Crippen LogP contribution in [0.1, 0.15) is 26.7 Å². The molecule has 18 heavy (non-hydrogen) atoms. The van der Waals surface area contributed by atoms with Gasteiger partial charge in [0, 0.05) is 12.6 Å². The number of nitrogens with zero attached hydrogens (tertiary/aromatic N) is 1. The van der Waals surface area contributed by atoms with Crippen LogP contribution in [0.4, 0.5) is 16.3 Å². The minimum Gasteiger partial charge on any atom is -0.370 e. The molecule has 5 nitrogen and oxygen atoms in total. The number of rotatable bonds is 5. The minimum atomic E-state index is -0.151. The average Bonchev–Trinajstić information content (AvgIpc) is 3.12. The van der Waals surface area contributed by atoms with Gasteiger partial charge in [-0.05, 0) is 30.9 Å². The molecule has 98 valence electrons. The third kappa shape index (κ3) is 4.24. The highest BCUT2D eigenvalue weighted by Crippen LogP contribution is 2.18. The second-order valence-electron chi connectivity index (χ2n) is 5.08. The van der Waals surface area contributed by atoms with Gasteiger partial charge in [-0.2, -0.15) is 0 Å². The van der Waals surface area contributed by atoms with Crippen LogP contribution in [0.15, 0.2) is 18.3 Å². The molecule has 0 bridgehead atoms. The molecule has 0 radical (unpaired) electrons. The summed E-state index contributed by atoms with van der Waals surface area (Å²) >= 11 is 0. The first-order valence-electron chi connectivity index (χ1n) is 6.41. The number of carbonyl (C=O) groups is 1. The van der Waals surface area contributed by atoms with Gasteiger partial charge in [0.25, 0.3) is 0 Å². The molecule has 5 heteroatoms. The second-order valence-corrected chi connectivity index (χ2v) is 5.08. The quantitative estimate of drug-likeness (QED) is 0.749. The van der Waals surface area contributed by atoms with E-state index in [1.54, 1.807) is 6.20 Å². The molecule has 1 aromatic heterocycles. The summed E-state index contributed by atoms with van der Waals surface area (Å²) in [5, 5.41) is 8.86. The van der Waals surface area contributed by atoms with Gasteiger partial charge in [0.15, 0.2) is 0 Å². The van der Waals surface area contributed by atoms with Crippen LogP contribution < -0.4 is 16.0 Å². The molecule has 1 fully saturated rings. The zero-order valence-corrected chi connectivity index (χ0v) is 10.9. The maximum absolute atomic E-state index is 11.5. The normalized spacial score (nSPS) is 14.4. The summed E-state index contributed by atoms with van der Waals surface area (Å²) in [5.41, 5.74) is 0.711. The molecular formula is C13H20N4O. The van der Waals surface area contributed by atoms with Crippen molar-refractivity contribution in [3.63, 3.8) is 0 Å². The number of amides is 2. The first kappa shape index (κ1) is 12.7. The first-order chi connectivity index (χ1) is 8.63. The summed E-state index contributed by atoms with van der Waals surface area (Å²) in [4.78, 5) is 15.7. The van der Waals surface area contributed by atoms with Crippen LogP contribution >= 0.6 is 0 Å². The van der Waals surface area contributed by atoms with Crippen LogP contribution in [0, 0.1) is 5.92 Å². The van der Waals surface area contributed by atoms with E-state index in [4.69, 9.17) is 0 Å². The lowest BCUT2D eigenvalue weighted by atomic mass is 10.2. The van der Waals surface area contributed by atoms with Crippen LogP contribution in [0.5, 0.6) is 0 Å². The van der Waals surface area contributed by atoms with E-state index < -0.39 is 0 Å². The minimum absolute atomic E-state index is 0.151. The van der Waals surface area contributed by atoms with Crippen molar-refractivity contribution in [1.29, 1.82) is 0 Å². The number of carbonyl (C=O) groups excluding carboxylic acids is 1. The van der Waals surface area contributed by atoms with E-state index in [1.807, 2.05) is 12.1 Å². The Labute approximate surface area is 107 Å². The molecule has 1 heterocycles. The number of pyridine rings is 1. The van der Waals surface area contributed by atoms with Gasteiger partial charge in [-0.25, -0.2) is 9.78 Å². The molecule has 2 amide bonds. The lowest BCUT2D eigenvalue weighted by molar-refractivity contribution is 0.251. The first-order valence-corrected chi connectivity index (χ1v) is 6.41. The van der Waals surface area contributed by atoms with Gasteiger partial charge in [-0.15, -0.1) is 0 Å². The number of aromatic nitrogens is 1. The molecule has 3 N–H and O–H groups in total. The van der Waals surface area contributed by atoms with Crippen LogP contribution in [-0.4, -0.2) is 23.6 Å². The predicted molar refractivity (Wildman–Crippen MR) is 72.7 cm³/mol. The second kappa shape index (κ2) is 5.71. The Bertz CT molecular complexity index is 398. The third-order valence-corrected chi connectivity index (χ3v) is 2.63. The fourth-order valence-electron chi connectivity index (χ4n) is 1.46. The Morgan fingerprint density at radius 3 is 2.78 bits per heavy atom. The molecule has 1 aliphatic rings. The molecule has 0 saturated heterocycles. The fourth-order valence-corrected chi connectivity index (χ4v) is 1.46. The Morgan fingerprint density at radius 2 is 2.22 bits per heavy atom. The van der Waals surface area contributed by atoms with Crippen LogP contribution in [0.3, 0.4) is 0 Å². The van der Waals surface area contributed by atoms with Gasteiger partial charge >= 0.3 is 6.03 Å². The molecule has 0 aromatic carbocycles. The van der Waals surface area contributed by atoms with Crippen molar-refractivity contribution in [3.8, 4) is 0 Å². The van der Waals surface area contributed by atoms with E-state index in [0.717, 1.165) is 25.2 Å². The molecular weight excluding hydrogens is 228 g/mol. The highest BCUT2D eigenvalue weighted by atomic mass is 16.2. The third-order valence-electron chi connectivity index (χ3n) is 2.63. The average molecular weight is 248 g/mol. The van der Waals surface area contributed by atoms with E-state index in [0.29, 0.717) is 17.6 Å². The number of hydrogen-bond donors (Lipinski definition) is 3. The monoisotopic (exact) mass is 248 g/mol. The predicted octanol–water partition coefficient (Wildman–Crippen LogP) is 2.43. The Kier molecular flexibility index (Phi) is 4.02. The molecule has 0 atom stereocenters. The van der Waals surface area contributed by atoms with Gasteiger partial charge in [-0.3, -0.25) is 0 Å². The summed E-state index contributed by atoms with van der Waals surface area (Å²) in [6.07, 6.45) is 3.84. The number of urea groups is 1. The Hall–Kier alpha value is -1.78. The number of nitrogens with one attached hydrogen (secondary N) is 3.